The van der Waals surface area contributed by atoms with E-state index in [-0.39, 0.29) is 10.8 Å². The minimum atomic E-state index is -3.67. The Labute approximate surface area is 172 Å². The van der Waals surface area contributed by atoms with E-state index in [1.807, 2.05) is 12.1 Å². The maximum absolute atomic E-state index is 12.5. The standard InChI is InChI=1S/C19H20IN3O3S/c20-15-6-4-5-14(13-15)19(24)22-16-8-10-17(11-9-16)27(25,26)23-18-7-2-1-3-12-21-18/h4-6,8-11,13H,1-3,7,12H2,(H,21,23)(H,22,24). The van der Waals surface area contributed by atoms with Crippen LogP contribution in [0.1, 0.15) is 36.0 Å². The van der Waals surface area contributed by atoms with Gasteiger partial charge in [-0.1, -0.05) is 12.5 Å². The van der Waals surface area contributed by atoms with Gasteiger partial charge in [0, 0.05) is 27.8 Å². The summed E-state index contributed by atoms with van der Waals surface area (Å²) in [7, 11) is -3.67. The number of rotatable bonds is 4. The maximum atomic E-state index is 12.5. The zero-order valence-electron chi connectivity index (χ0n) is 14.6. The van der Waals surface area contributed by atoms with Crippen molar-refractivity contribution in [2.75, 3.05) is 11.9 Å². The molecule has 0 bridgehead atoms. The second-order valence-electron chi connectivity index (χ2n) is 6.23. The molecule has 0 radical (unpaired) electrons. The van der Waals surface area contributed by atoms with Gasteiger partial charge in [0.2, 0.25) is 0 Å². The van der Waals surface area contributed by atoms with Crippen LogP contribution >= 0.6 is 22.6 Å². The van der Waals surface area contributed by atoms with Crippen molar-refractivity contribution in [1.29, 1.82) is 0 Å². The highest BCUT2D eigenvalue weighted by molar-refractivity contribution is 14.1. The fraction of sp³-hybridized carbons (Fsp3) is 0.263. The molecule has 1 amide bonds. The number of nitrogens with zero attached hydrogens (tertiary/aromatic N) is 1. The van der Waals surface area contributed by atoms with Gasteiger partial charge in [0.25, 0.3) is 15.9 Å². The van der Waals surface area contributed by atoms with Gasteiger partial charge < -0.3 is 5.32 Å². The van der Waals surface area contributed by atoms with E-state index in [9.17, 15) is 13.2 Å². The van der Waals surface area contributed by atoms with Gasteiger partial charge in [-0.15, -0.1) is 0 Å². The molecule has 2 aromatic carbocycles. The lowest BCUT2D eigenvalue weighted by molar-refractivity contribution is 0.102. The van der Waals surface area contributed by atoms with Crippen molar-refractivity contribution >= 4 is 50.0 Å². The van der Waals surface area contributed by atoms with Gasteiger partial charge in [0.05, 0.1) is 4.90 Å². The van der Waals surface area contributed by atoms with Crippen LogP contribution in [-0.4, -0.2) is 26.7 Å². The third-order valence-electron chi connectivity index (χ3n) is 4.14. The van der Waals surface area contributed by atoms with E-state index >= 15 is 0 Å². The smallest absolute Gasteiger partial charge is 0.262 e. The summed E-state index contributed by atoms with van der Waals surface area (Å²) in [4.78, 5) is 16.7. The van der Waals surface area contributed by atoms with Crippen LogP contribution in [0.2, 0.25) is 0 Å². The molecule has 1 heterocycles. The van der Waals surface area contributed by atoms with E-state index < -0.39 is 10.0 Å². The number of nitrogens with one attached hydrogen (secondary N) is 2. The predicted octanol–water partition coefficient (Wildman–Crippen LogP) is 3.79. The monoisotopic (exact) mass is 497 g/mol. The Balaban J connectivity index is 1.69. The van der Waals surface area contributed by atoms with Crippen molar-refractivity contribution < 1.29 is 13.2 Å². The average molecular weight is 497 g/mol. The molecular formula is C19H20IN3O3S. The highest BCUT2D eigenvalue weighted by Crippen LogP contribution is 2.17. The fourth-order valence-electron chi connectivity index (χ4n) is 2.72. The van der Waals surface area contributed by atoms with Gasteiger partial charge in [-0.05, 0) is 77.9 Å². The number of hydrogen-bond acceptors (Lipinski definition) is 4. The molecule has 0 saturated heterocycles. The van der Waals surface area contributed by atoms with Crippen LogP contribution in [0.25, 0.3) is 0 Å². The third-order valence-corrected chi connectivity index (χ3v) is 6.20. The van der Waals surface area contributed by atoms with Gasteiger partial charge in [-0.2, -0.15) is 0 Å². The van der Waals surface area contributed by atoms with Crippen molar-refractivity contribution in [3.63, 3.8) is 0 Å². The molecular weight excluding hydrogens is 477 g/mol. The van der Waals surface area contributed by atoms with Gasteiger partial charge in [0.1, 0.15) is 5.84 Å². The lowest BCUT2D eigenvalue weighted by Crippen LogP contribution is -2.30. The van der Waals surface area contributed by atoms with Crippen LogP contribution in [0.4, 0.5) is 5.69 Å². The number of hydrogen-bond donors (Lipinski definition) is 2. The molecule has 0 fully saturated rings. The van der Waals surface area contributed by atoms with Gasteiger partial charge in [-0.3, -0.25) is 14.5 Å². The minimum Gasteiger partial charge on any atom is -0.322 e. The van der Waals surface area contributed by atoms with Crippen molar-refractivity contribution in [2.24, 2.45) is 4.99 Å². The summed E-state index contributed by atoms with van der Waals surface area (Å²) in [6.07, 6.45) is 3.62. The highest BCUT2D eigenvalue weighted by Gasteiger charge is 2.17. The first kappa shape index (κ1) is 19.8. The Morgan fingerprint density at radius 2 is 1.81 bits per heavy atom. The lowest BCUT2D eigenvalue weighted by Gasteiger charge is -2.11. The molecule has 142 valence electrons. The molecule has 27 heavy (non-hydrogen) atoms. The number of anilines is 1. The summed E-state index contributed by atoms with van der Waals surface area (Å²) in [6, 6.07) is 13.3. The maximum Gasteiger partial charge on any atom is 0.262 e. The summed E-state index contributed by atoms with van der Waals surface area (Å²) in [5.74, 6) is 0.276. The molecule has 1 aliphatic rings. The summed E-state index contributed by atoms with van der Waals surface area (Å²) < 4.78 is 28.6. The van der Waals surface area contributed by atoms with Crippen molar-refractivity contribution in [3.8, 4) is 0 Å². The Hall–Kier alpha value is -1.94. The minimum absolute atomic E-state index is 0.140. The average Bonchev–Trinajstić information content (AvgIpc) is 2.90. The molecule has 8 heteroatoms. The van der Waals surface area contributed by atoms with Crippen LogP contribution in [0.5, 0.6) is 0 Å². The topological polar surface area (TPSA) is 87.6 Å². The summed E-state index contributed by atoms with van der Waals surface area (Å²) in [5, 5.41) is 2.77. The number of halogens is 1. The SMILES string of the molecule is O=C(Nc1ccc(S(=O)(=O)NC2=NCCCCC2)cc1)c1cccc(I)c1. The molecule has 6 nitrogen and oxygen atoms in total. The molecule has 0 saturated carbocycles. The summed E-state index contributed by atoms with van der Waals surface area (Å²) in [6.45, 7) is 0.654. The number of sulfonamides is 1. The molecule has 2 N–H and O–H groups in total. The number of amidine groups is 1. The van der Waals surface area contributed by atoms with Gasteiger partial charge in [0.15, 0.2) is 0 Å². The molecule has 1 aliphatic heterocycles. The second kappa shape index (κ2) is 8.83. The molecule has 0 aromatic heterocycles. The molecule has 0 atom stereocenters. The zero-order valence-corrected chi connectivity index (χ0v) is 17.6. The first-order valence-corrected chi connectivity index (χ1v) is 11.2. The second-order valence-corrected chi connectivity index (χ2v) is 9.16. The third kappa shape index (κ3) is 5.52. The van der Waals surface area contributed by atoms with Crippen molar-refractivity contribution in [3.05, 3.63) is 57.7 Å². The largest absolute Gasteiger partial charge is 0.322 e. The number of aliphatic imine (C=N–C) groups is 1. The van der Waals surface area contributed by atoms with Crippen molar-refractivity contribution in [1.82, 2.24) is 4.72 Å². The molecule has 2 aromatic rings. The summed E-state index contributed by atoms with van der Waals surface area (Å²) in [5.41, 5.74) is 1.08. The quantitative estimate of drug-likeness (QED) is 0.631. The van der Waals surface area contributed by atoms with E-state index in [4.69, 9.17) is 0 Å². The van der Waals surface area contributed by atoms with Crippen LogP contribution in [0, 0.1) is 3.57 Å². The van der Waals surface area contributed by atoms with Gasteiger partial charge >= 0.3 is 0 Å². The highest BCUT2D eigenvalue weighted by atomic mass is 127. The number of benzene rings is 2. The Bertz CT molecular complexity index is 956. The summed E-state index contributed by atoms with van der Waals surface area (Å²) >= 11 is 2.14. The molecule has 0 spiro atoms. The fourth-order valence-corrected chi connectivity index (χ4v) is 4.35. The van der Waals surface area contributed by atoms with Crippen LogP contribution in [0.15, 0.2) is 58.4 Å². The van der Waals surface area contributed by atoms with Gasteiger partial charge in [-0.25, -0.2) is 8.42 Å². The first-order chi connectivity index (χ1) is 12.9. The van der Waals surface area contributed by atoms with E-state index in [0.29, 0.717) is 30.1 Å². The Morgan fingerprint density at radius 3 is 2.56 bits per heavy atom. The molecule has 3 rings (SSSR count). The Kier molecular flexibility index (Phi) is 6.48. The molecule has 0 aliphatic carbocycles. The van der Waals surface area contributed by atoms with E-state index in [0.717, 1.165) is 22.8 Å². The molecule has 0 unspecified atom stereocenters. The van der Waals surface area contributed by atoms with E-state index in [1.54, 1.807) is 24.3 Å². The number of carbonyl (C=O) groups excluding carboxylic acids is 1. The first-order valence-electron chi connectivity index (χ1n) is 8.67. The normalized spacial score (nSPS) is 14.8. The number of amides is 1. The zero-order chi connectivity index (χ0) is 19.3. The lowest BCUT2D eigenvalue weighted by atomic mass is 10.2. The number of carbonyl (C=O) groups is 1. The van der Waals surface area contributed by atoms with Crippen molar-refractivity contribution in [2.45, 2.75) is 30.6 Å². The van der Waals surface area contributed by atoms with Crippen LogP contribution in [0.3, 0.4) is 0 Å². The Morgan fingerprint density at radius 1 is 1.04 bits per heavy atom. The van der Waals surface area contributed by atoms with Crippen LogP contribution < -0.4 is 10.0 Å². The van der Waals surface area contributed by atoms with E-state index in [2.05, 4.69) is 37.6 Å². The van der Waals surface area contributed by atoms with Crippen LogP contribution in [-0.2, 0) is 10.0 Å². The predicted molar refractivity (Wildman–Crippen MR) is 115 cm³/mol. The van der Waals surface area contributed by atoms with E-state index in [1.165, 1.54) is 12.1 Å².